The molecule has 1 unspecified atom stereocenters. The highest BCUT2D eigenvalue weighted by molar-refractivity contribution is 5.08. The summed E-state index contributed by atoms with van der Waals surface area (Å²) in [5, 5.41) is 3.68. The first-order chi connectivity index (χ1) is 6.98. The average molecular weight is 208 g/mol. The maximum absolute atomic E-state index is 3.89. The molecule has 0 radical (unpaired) electrons. The first-order valence-corrected chi connectivity index (χ1v) is 6.09. The summed E-state index contributed by atoms with van der Waals surface area (Å²) in [5.41, 5.74) is 0.612. The molecule has 15 heavy (non-hydrogen) atoms. The van der Waals surface area contributed by atoms with Crippen molar-refractivity contribution in [2.75, 3.05) is 19.6 Å². The lowest BCUT2D eigenvalue weighted by Gasteiger charge is -2.51. The molecule has 1 atom stereocenters. The zero-order valence-electron chi connectivity index (χ0n) is 10.3. The molecule has 1 N–H and O–H groups in total. The van der Waals surface area contributed by atoms with Crippen LogP contribution >= 0.6 is 0 Å². The Hall–Kier alpha value is -0.340. The van der Waals surface area contributed by atoms with Crippen molar-refractivity contribution in [3.05, 3.63) is 12.7 Å². The van der Waals surface area contributed by atoms with Gasteiger partial charge in [0, 0.05) is 30.7 Å². The van der Waals surface area contributed by atoms with E-state index in [4.69, 9.17) is 0 Å². The smallest absolute Gasteiger partial charge is 0.0338 e. The van der Waals surface area contributed by atoms with Crippen molar-refractivity contribution >= 4 is 0 Å². The van der Waals surface area contributed by atoms with Crippen LogP contribution in [0.2, 0.25) is 0 Å². The molecule has 0 bridgehead atoms. The van der Waals surface area contributed by atoms with Crippen LogP contribution in [0.1, 0.15) is 33.6 Å². The van der Waals surface area contributed by atoms with Gasteiger partial charge in [-0.1, -0.05) is 6.08 Å². The molecule has 0 spiro atoms. The number of hydrogen-bond acceptors (Lipinski definition) is 2. The molecule has 0 aromatic heterocycles. The van der Waals surface area contributed by atoms with E-state index in [1.165, 1.54) is 12.8 Å². The lowest BCUT2D eigenvalue weighted by atomic mass is 9.86. The lowest BCUT2D eigenvalue weighted by Crippen LogP contribution is -2.68. The average Bonchev–Trinajstić information content (AvgIpc) is 2.95. The monoisotopic (exact) mass is 208 g/mol. The number of hydrogen-bond donors (Lipinski definition) is 1. The highest BCUT2D eigenvalue weighted by Crippen LogP contribution is 2.44. The zero-order valence-corrected chi connectivity index (χ0v) is 10.3. The summed E-state index contributed by atoms with van der Waals surface area (Å²) in [6.07, 6.45) is 4.86. The maximum atomic E-state index is 3.89. The minimum Gasteiger partial charge on any atom is -0.309 e. The van der Waals surface area contributed by atoms with Crippen molar-refractivity contribution in [3.8, 4) is 0 Å². The number of rotatable bonds is 3. The second-order valence-corrected chi connectivity index (χ2v) is 6.04. The molecular formula is C13H24N2. The number of nitrogens with zero attached hydrogens (tertiary/aromatic N) is 1. The molecule has 0 amide bonds. The van der Waals surface area contributed by atoms with Crippen LogP contribution in [0.15, 0.2) is 12.7 Å². The van der Waals surface area contributed by atoms with Gasteiger partial charge >= 0.3 is 0 Å². The van der Waals surface area contributed by atoms with Crippen LogP contribution in [0.3, 0.4) is 0 Å². The van der Waals surface area contributed by atoms with E-state index < -0.39 is 0 Å². The fraction of sp³-hybridized carbons (Fsp3) is 0.846. The third-order valence-corrected chi connectivity index (χ3v) is 4.04. The summed E-state index contributed by atoms with van der Waals surface area (Å²) in [6.45, 7) is 14.2. The van der Waals surface area contributed by atoms with Crippen LogP contribution in [-0.2, 0) is 0 Å². The lowest BCUT2D eigenvalue weighted by molar-refractivity contribution is 0.0217. The maximum Gasteiger partial charge on any atom is 0.0338 e. The van der Waals surface area contributed by atoms with Gasteiger partial charge in [0.1, 0.15) is 0 Å². The zero-order chi connectivity index (χ0) is 11.1. The quantitative estimate of drug-likeness (QED) is 0.714. The van der Waals surface area contributed by atoms with E-state index in [9.17, 15) is 0 Å². The van der Waals surface area contributed by atoms with E-state index in [1.54, 1.807) is 0 Å². The molecule has 0 aromatic rings. The molecule has 2 nitrogen and oxygen atoms in total. The number of nitrogens with one attached hydrogen (secondary N) is 1. The third kappa shape index (κ3) is 2.11. The summed E-state index contributed by atoms with van der Waals surface area (Å²) in [6, 6.07) is 0. The van der Waals surface area contributed by atoms with Gasteiger partial charge in [-0.2, -0.15) is 0 Å². The first-order valence-electron chi connectivity index (χ1n) is 6.09. The van der Waals surface area contributed by atoms with Crippen LogP contribution < -0.4 is 5.32 Å². The van der Waals surface area contributed by atoms with Crippen molar-refractivity contribution < 1.29 is 0 Å². The molecule has 2 aliphatic rings. The molecule has 1 saturated heterocycles. The molecule has 0 aromatic carbocycles. The van der Waals surface area contributed by atoms with Crippen LogP contribution in [0.5, 0.6) is 0 Å². The van der Waals surface area contributed by atoms with Gasteiger partial charge in [-0.3, -0.25) is 4.90 Å². The van der Waals surface area contributed by atoms with E-state index in [0.717, 1.165) is 25.6 Å². The summed E-state index contributed by atoms with van der Waals surface area (Å²) in [4.78, 5) is 2.62. The molecule has 2 fully saturated rings. The second-order valence-electron chi connectivity index (χ2n) is 6.04. The van der Waals surface area contributed by atoms with Gasteiger partial charge in [0.05, 0.1) is 0 Å². The fourth-order valence-electron chi connectivity index (χ4n) is 2.78. The fourth-order valence-corrected chi connectivity index (χ4v) is 2.78. The Bertz CT molecular complexity index is 255. The molecule has 1 aliphatic carbocycles. The largest absolute Gasteiger partial charge is 0.309 e. The summed E-state index contributed by atoms with van der Waals surface area (Å²) in [7, 11) is 0. The van der Waals surface area contributed by atoms with Crippen LogP contribution in [0.25, 0.3) is 0 Å². The van der Waals surface area contributed by atoms with Crippen molar-refractivity contribution in [1.82, 2.24) is 10.2 Å². The Morgan fingerprint density at radius 3 is 2.60 bits per heavy atom. The van der Waals surface area contributed by atoms with Gasteiger partial charge in [-0.05, 0) is 39.5 Å². The highest BCUT2D eigenvalue weighted by Gasteiger charge is 2.49. The molecule has 2 rings (SSSR count). The minimum atomic E-state index is 0.247. The van der Waals surface area contributed by atoms with Crippen LogP contribution in [-0.4, -0.2) is 35.6 Å². The van der Waals surface area contributed by atoms with Crippen molar-refractivity contribution in [2.24, 2.45) is 5.92 Å². The van der Waals surface area contributed by atoms with Crippen LogP contribution in [0.4, 0.5) is 0 Å². The van der Waals surface area contributed by atoms with Gasteiger partial charge in [0.2, 0.25) is 0 Å². The van der Waals surface area contributed by atoms with Gasteiger partial charge in [-0.15, -0.1) is 6.58 Å². The standard InChI is InChI=1S/C13H24N2/c1-5-8-15-10-12(2,3)14-9-13(15,4)11-6-7-11/h5,11,14H,1,6-10H2,2-4H3. The van der Waals surface area contributed by atoms with Crippen molar-refractivity contribution in [2.45, 2.75) is 44.7 Å². The summed E-state index contributed by atoms with van der Waals surface area (Å²) in [5.74, 6) is 0.904. The second kappa shape index (κ2) is 3.60. The first kappa shape index (κ1) is 11.2. The Labute approximate surface area is 93.7 Å². The van der Waals surface area contributed by atoms with E-state index in [1.807, 2.05) is 6.08 Å². The topological polar surface area (TPSA) is 15.3 Å². The van der Waals surface area contributed by atoms with Crippen molar-refractivity contribution in [1.29, 1.82) is 0 Å². The molecule has 86 valence electrons. The Balaban J connectivity index is 2.13. The molecule has 1 aliphatic heterocycles. The van der Waals surface area contributed by atoms with Crippen molar-refractivity contribution in [3.63, 3.8) is 0 Å². The Morgan fingerprint density at radius 1 is 1.40 bits per heavy atom. The third-order valence-electron chi connectivity index (χ3n) is 4.04. The predicted octanol–water partition coefficient (Wildman–Crippen LogP) is 2.02. The van der Waals surface area contributed by atoms with E-state index in [2.05, 4.69) is 37.6 Å². The van der Waals surface area contributed by atoms with E-state index >= 15 is 0 Å². The van der Waals surface area contributed by atoms with Gasteiger partial charge in [-0.25, -0.2) is 0 Å². The predicted molar refractivity (Wildman–Crippen MR) is 65.0 cm³/mol. The SMILES string of the molecule is C=CCN1CC(C)(C)NCC1(C)C1CC1. The normalized spacial score (nSPS) is 36.5. The Kier molecular flexibility index (Phi) is 2.68. The Morgan fingerprint density at radius 2 is 2.07 bits per heavy atom. The number of piperazine rings is 1. The van der Waals surface area contributed by atoms with Gasteiger partial charge < -0.3 is 5.32 Å². The van der Waals surface area contributed by atoms with Gasteiger partial charge in [0.25, 0.3) is 0 Å². The van der Waals surface area contributed by atoms with Crippen LogP contribution in [0, 0.1) is 5.92 Å². The minimum absolute atomic E-state index is 0.247. The molecule has 1 heterocycles. The molecule has 2 heteroatoms. The summed E-state index contributed by atoms with van der Waals surface area (Å²) < 4.78 is 0. The summed E-state index contributed by atoms with van der Waals surface area (Å²) >= 11 is 0. The van der Waals surface area contributed by atoms with Gasteiger partial charge in [0.15, 0.2) is 0 Å². The highest BCUT2D eigenvalue weighted by atomic mass is 15.3. The van der Waals surface area contributed by atoms with E-state index in [-0.39, 0.29) is 5.54 Å². The molecular weight excluding hydrogens is 184 g/mol. The molecule has 1 saturated carbocycles. The van der Waals surface area contributed by atoms with E-state index in [0.29, 0.717) is 5.54 Å².